The Bertz CT molecular complexity index is 575. The molecule has 5 nitrogen and oxygen atoms in total. The summed E-state index contributed by atoms with van der Waals surface area (Å²) in [5, 5.41) is 2.55. The third-order valence-corrected chi connectivity index (χ3v) is 3.73. The van der Waals surface area contributed by atoms with Gasteiger partial charge in [-0.05, 0) is 31.4 Å². The third kappa shape index (κ3) is 3.75. The molecule has 0 unspecified atom stereocenters. The van der Waals surface area contributed by atoms with Crippen molar-refractivity contribution in [2.45, 2.75) is 37.9 Å². The lowest BCUT2D eigenvalue weighted by molar-refractivity contribution is -0.141. The van der Waals surface area contributed by atoms with E-state index in [-0.39, 0.29) is 12.0 Å². The minimum Gasteiger partial charge on any atom is -0.369 e. The second-order valence-corrected chi connectivity index (χ2v) is 5.33. The predicted molar refractivity (Wildman–Crippen MR) is 71.6 cm³/mol. The smallest absolute Gasteiger partial charge is 0.369 e. The van der Waals surface area contributed by atoms with Crippen molar-refractivity contribution in [3.63, 3.8) is 0 Å². The fourth-order valence-corrected chi connectivity index (χ4v) is 2.66. The Labute approximate surface area is 125 Å². The average Bonchev–Trinajstić information content (AvgIpc) is 2.46. The topological polar surface area (TPSA) is 85.1 Å². The van der Waals surface area contributed by atoms with Gasteiger partial charge in [-0.15, -0.1) is 0 Å². The lowest BCUT2D eigenvalue weighted by Crippen LogP contribution is -2.41. The Kier molecular flexibility index (Phi) is 4.68. The minimum atomic E-state index is -4.70. The van der Waals surface area contributed by atoms with Crippen LogP contribution in [0, 0.1) is 5.92 Å². The predicted octanol–water partition coefficient (Wildman–Crippen LogP) is 1.87. The number of aromatic nitrogens is 1. The maximum atomic E-state index is 12.9. The number of rotatable bonds is 3. The molecule has 1 aromatic rings. The molecule has 1 aliphatic rings. The molecule has 0 aliphatic heterocycles. The highest BCUT2D eigenvalue weighted by molar-refractivity contribution is 5.95. The summed E-state index contributed by atoms with van der Waals surface area (Å²) in [6.45, 7) is 0. The molecule has 0 bridgehead atoms. The standard InChI is InChI=1S/C14H16F3N3O2/c15-14(16,17)11-10(5-2-6-19-11)13(22)20-9-4-1-3-8(7-9)12(18)21/h2,5-6,8-9H,1,3-4,7H2,(H2,18,21)(H,20,22)/t8-,9+/m1/s1. The lowest BCUT2D eigenvalue weighted by atomic mass is 9.85. The molecular weight excluding hydrogens is 299 g/mol. The summed E-state index contributed by atoms with van der Waals surface area (Å²) in [7, 11) is 0. The molecule has 2 amide bonds. The summed E-state index contributed by atoms with van der Waals surface area (Å²) in [6.07, 6.45) is -1.42. The van der Waals surface area contributed by atoms with Gasteiger partial charge in [-0.1, -0.05) is 6.42 Å². The molecule has 1 saturated carbocycles. The van der Waals surface area contributed by atoms with Crippen molar-refractivity contribution < 1.29 is 22.8 Å². The van der Waals surface area contributed by atoms with Gasteiger partial charge in [-0.3, -0.25) is 14.6 Å². The van der Waals surface area contributed by atoms with Crippen LogP contribution in [-0.2, 0) is 11.0 Å². The van der Waals surface area contributed by atoms with Crippen LogP contribution in [0.25, 0.3) is 0 Å². The van der Waals surface area contributed by atoms with Crippen molar-refractivity contribution in [2.75, 3.05) is 0 Å². The number of primary amides is 1. The van der Waals surface area contributed by atoms with Crippen molar-refractivity contribution in [2.24, 2.45) is 11.7 Å². The molecule has 0 saturated heterocycles. The van der Waals surface area contributed by atoms with Crippen LogP contribution in [0.2, 0.25) is 0 Å². The first-order chi connectivity index (χ1) is 10.3. The largest absolute Gasteiger partial charge is 0.434 e. The number of nitrogens with one attached hydrogen (secondary N) is 1. The Balaban J connectivity index is 2.11. The van der Waals surface area contributed by atoms with Gasteiger partial charge in [-0.25, -0.2) is 0 Å². The molecule has 22 heavy (non-hydrogen) atoms. The van der Waals surface area contributed by atoms with Gasteiger partial charge in [0, 0.05) is 18.2 Å². The molecule has 1 aromatic heterocycles. The van der Waals surface area contributed by atoms with E-state index in [1.54, 1.807) is 0 Å². The summed E-state index contributed by atoms with van der Waals surface area (Å²) in [5.41, 5.74) is 3.51. The summed E-state index contributed by atoms with van der Waals surface area (Å²) < 4.78 is 38.6. The summed E-state index contributed by atoms with van der Waals surface area (Å²) >= 11 is 0. The van der Waals surface area contributed by atoms with Crippen LogP contribution < -0.4 is 11.1 Å². The zero-order valence-corrected chi connectivity index (χ0v) is 11.7. The van der Waals surface area contributed by atoms with Gasteiger partial charge >= 0.3 is 6.18 Å². The molecule has 8 heteroatoms. The van der Waals surface area contributed by atoms with Crippen molar-refractivity contribution in [1.29, 1.82) is 0 Å². The summed E-state index contributed by atoms with van der Waals surface area (Å²) in [5.74, 6) is -1.64. The highest BCUT2D eigenvalue weighted by Gasteiger charge is 2.37. The minimum absolute atomic E-state index is 0.350. The van der Waals surface area contributed by atoms with E-state index in [2.05, 4.69) is 10.3 Å². The van der Waals surface area contributed by atoms with Crippen molar-refractivity contribution >= 4 is 11.8 Å². The van der Waals surface area contributed by atoms with Gasteiger partial charge in [0.25, 0.3) is 5.91 Å². The second kappa shape index (κ2) is 6.33. The quantitative estimate of drug-likeness (QED) is 0.893. The van der Waals surface area contributed by atoms with Gasteiger partial charge < -0.3 is 11.1 Å². The van der Waals surface area contributed by atoms with Gasteiger partial charge in [0.2, 0.25) is 5.91 Å². The van der Waals surface area contributed by atoms with Gasteiger partial charge in [0.1, 0.15) is 0 Å². The van der Waals surface area contributed by atoms with Gasteiger partial charge in [0.05, 0.1) is 5.56 Å². The second-order valence-electron chi connectivity index (χ2n) is 5.33. The molecular formula is C14H16F3N3O2. The maximum absolute atomic E-state index is 12.9. The molecule has 0 spiro atoms. The van der Waals surface area contributed by atoms with Crippen LogP contribution in [0.5, 0.6) is 0 Å². The van der Waals surface area contributed by atoms with E-state index in [9.17, 15) is 22.8 Å². The van der Waals surface area contributed by atoms with Crippen LogP contribution in [0.4, 0.5) is 13.2 Å². The zero-order valence-electron chi connectivity index (χ0n) is 11.7. The normalized spacial score (nSPS) is 22.1. The Morgan fingerprint density at radius 3 is 2.68 bits per heavy atom. The van der Waals surface area contributed by atoms with Crippen LogP contribution in [-0.4, -0.2) is 22.8 Å². The van der Waals surface area contributed by atoms with Crippen molar-refractivity contribution in [3.05, 3.63) is 29.6 Å². The van der Waals surface area contributed by atoms with E-state index in [1.165, 1.54) is 6.07 Å². The van der Waals surface area contributed by atoms with E-state index in [1.807, 2.05) is 0 Å². The van der Waals surface area contributed by atoms with Crippen LogP contribution in [0.3, 0.4) is 0 Å². The van der Waals surface area contributed by atoms with Crippen molar-refractivity contribution in [1.82, 2.24) is 10.3 Å². The summed E-state index contributed by atoms with van der Waals surface area (Å²) in [6, 6.07) is 2.00. The van der Waals surface area contributed by atoms with Crippen LogP contribution in [0.15, 0.2) is 18.3 Å². The first-order valence-corrected chi connectivity index (χ1v) is 6.91. The van der Waals surface area contributed by atoms with E-state index in [4.69, 9.17) is 5.73 Å². The number of nitrogens with zero attached hydrogens (tertiary/aromatic N) is 1. The Morgan fingerprint density at radius 1 is 1.32 bits per heavy atom. The monoisotopic (exact) mass is 315 g/mol. The number of pyridine rings is 1. The Hall–Kier alpha value is -2.12. The molecule has 0 aromatic carbocycles. The number of amides is 2. The third-order valence-electron chi connectivity index (χ3n) is 3.73. The van der Waals surface area contributed by atoms with Crippen LogP contribution >= 0.6 is 0 Å². The molecule has 1 fully saturated rings. The molecule has 120 valence electrons. The van der Waals surface area contributed by atoms with Crippen LogP contribution in [0.1, 0.15) is 41.7 Å². The number of carbonyl (C=O) groups excluding carboxylic acids is 2. The SMILES string of the molecule is NC(=O)[C@@H]1CCC[C@H](NC(=O)c2cccnc2C(F)(F)F)C1. The molecule has 0 radical (unpaired) electrons. The Morgan fingerprint density at radius 2 is 2.05 bits per heavy atom. The zero-order chi connectivity index (χ0) is 16.3. The molecule has 2 atom stereocenters. The number of carbonyl (C=O) groups is 2. The number of alkyl halides is 3. The average molecular weight is 315 g/mol. The first kappa shape index (κ1) is 16.3. The highest BCUT2D eigenvalue weighted by atomic mass is 19.4. The van der Waals surface area contributed by atoms with Crippen molar-refractivity contribution in [3.8, 4) is 0 Å². The number of nitrogens with two attached hydrogens (primary N) is 1. The number of hydrogen-bond donors (Lipinski definition) is 2. The molecule has 2 rings (SSSR count). The fraction of sp³-hybridized carbons (Fsp3) is 0.500. The fourth-order valence-electron chi connectivity index (χ4n) is 2.66. The van der Waals surface area contributed by atoms with Gasteiger partial charge in [-0.2, -0.15) is 13.2 Å². The highest BCUT2D eigenvalue weighted by Crippen LogP contribution is 2.30. The number of hydrogen-bond acceptors (Lipinski definition) is 3. The van der Waals surface area contributed by atoms with E-state index < -0.39 is 29.2 Å². The molecule has 3 N–H and O–H groups in total. The first-order valence-electron chi connectivity index (χ1n) is 6.91. The summed E-state index contributed by atoms with van der Waals surface area (Å²) in [4.78, 5) is 26.5. The number of halogens is 3. The molecule has 1 aliphatic carbocycles. The van der Waals surface area contributed by atoms with E-state index >= 15 is 0 Å². The maximum Gasteiger partial charge on any atom is 0.434 e. The van der Waals surface area contributed by atoms with E-state index in [0.29, 0.717) is 25.7 Å². The van der Waals surface area contributed by atoms with Gasteiger partial charge in [0.15, 0.2) is 5.69 Å². The lowest BCUT2D eigenvalue weighted by Gasteiger charge is -2.28. The van der Waals surface area contributed by atoms with E-state index in [0.717, 1.165) is 12.3 Å². The molecule has 1 heterocycles.